The van der Waals surface area contributed by atoms with Crippen molar-refractivity contribution in [3.05, 3.63) is 70.9 Å². The van der Waals surface area contributed by atoms with Gasteiger partial charge in [-0.25, -0.2) is 9.78 Å². The lowest BCUT2D eigenvalue weighted by Crippen LogP contribution is -2.28. The molecule has 0 radical (unpaired) electrons. The van der Waals surface area contributed by atoms with Gasteiger partial charge >= 0.3 is 5.97 Å². The molecule has 1 aromatic heterocycles. The third-order valence-electron chi connectivity index (χ3n) is 3.66. The minimum absolute atomic E-state index is 0.139. The second-order valence-corrected chi connectivity index (χ2v) is 5.96. The van der Waals surface area contributed by atoms with Crippen molar-refractivity contribution in [3.8, 4) is 5.75 Å². The van der Waals surface area contributed by atoms with Gasteiger partial charge in [0.25, 0.3) is 5.91 Å². The van der Waals surface area contributed by atoms with Crippen LogP contribution in [0.25, 0.3) is 10.9 Å². The van der Waals surface area contributed by atoms with Crippen molar-refractivity contribution in [2.24, 2.45) is 0 Å². The molecular formula is C19H15ClN2O4. The molecule has 7 heteroatoms. The summed E-state index contributed by atoms with van der Waals surface area (Å²) in [6, 6.07) is 15.4. The van der Waals surface area contributed by atoms with Crippen molar-refractivity contribution in [1.82, 2.24) is 10.3 Å². The minimum Gasteiger partial charge on any atom is -0.483 e. The van der Waals surface area contributed by atoms with Gasteiger partial charge in [-0.1, -0.05) is 35.9 Å². The standard InChI is InChI=1S/C19H15ClN2O4/c20-13-7-5-12(6-8-13)10-21-18(23)11-26-17-9-16(19(24)25)22-15-4-2-1-3-14(15)17/h1-9H,10-11H2,(H,21,23)(H,24,25). The van der Waals surface area contributed by atoms with Crippen LogP contribution in [0.5, 0.6) is 5.75 Å². The minimum atomic E-state index is -1.16. The molecule has 0 bridgehead atoms. The van der Waals surface area contributed by atoms with Crippen LogP contribution in [0.4, 0.5) is 0 Å². The number of hydrogen-bond donors (Lipinski definition) is 2. The number of nitrogens with one attached hydrogen (secondary N) is 1. The summed E-state index contributed by atoms with van der Waals surface area (Å²) in [5.41, 5.74) is 1.26. The van der Waals surface area contributed by atoms with Crippen LogP contribution in [0.15, 0.2) is 54.6 Å². The highest BCUT2D eigenvalue weighted by molar-refractivity contribution is 6.30. The van der Waals surface area contributed by atoms with Gasteiger partial charge in [0.05, 0.1) is 5.52 Å². The van der Waals surface area contributed by atoms with Crippen molar-refractivity contribution < 1.29 is 19.4 Å². The molecule has 0 saturated carbocycles. The molecule has 1 amide bonds. The van der Waals surface area contributed by atoms with Gasteiger partial charge in [-0.2, -0.15) is 0 Å². The number of amides is 1. The van der Waals surface area contributed by atoms with Gasteiger partial charge < -0.3 is 15.2 Å². The smallest absolute Gasteiger partial charge is 0.354 e. The van der Waals surface area contributed by atoms with E-state index in [1.54, 1.807) is 36.4 Å². The Kier molecular flexibility index (Phi) is 5.34. The molecule has 6 nitrogen and oxygen atoms in total. The lowest BCUT2D eigenvalue weighted by molar-refractivity contribution is -0.123. The van der Waals surface area contributed by atoms with Crippen molar-refractivity contribution in [2.75, 3.05) is 6.61 Å². The number of carboxylic acid groups (broad SMARTS) is 1. The number of hydrogen-bond acceptors (Lipinski definition) is 4. The number of carbonyl (C=O) groups is 2. The molecule has 26 heavy (non-hydrogen) atoms. The fourth-order valence-electron chi connectivity index (χ4n) is 2.37. The number of aromatic carboxylic acids is 1. The highest BCUT2D eigenvalue weighted by Crippen LogP contribution is 2.25. The van der Waals surface area contributed by atoms with E-state index in [0.29, 0.717) is 28.2 Å². The third-order valence-corrected chi connectivity index (χ3v) is 3.91. The van der Waals surface area contributed by atoms with Crippen LogP contribution in [-0.2, 0) is 11.3 Å². The quantitative estimate of drug-likeness (QED) is 0.695. The summed E-state index contributed by atoms with van der Waals surface area (Å²) < 4.78 is 5.54. The lowest BCUT2D eigenvalue weighted by Gasteiger charge is -2.10. The van der Waals surface area contributed by atoms with Crippen LogP contribution in [0.3, 0.4) is 0 Å². The highest BCUT2D eigenvalue weighted by atomic mass is 35.5. The number of fused-ring (bicyclic) bond motifs is 1. The number of benzene rings is 2. The fraction of sp³-hybridized carbons (Fsp3) is 0.105. The van der Waals surface area contributed by atoms with Gasteiger partial charge in [0, 0.05) is 23.0 Å². The van der Waals surface area contributed by atoms with Crippen molar-refractivity contribution in [1.29, 1.82) is 0 Å². The molecule has 2 N–H and O–H groups in total. The van der Waals surface area contributed by atoms with Gasteiger partial charge in [0.15, 0.2) is 12.3 Å². The van der Waals surface area contributed by atoms with Crippen LogP contribution in [0.2, 0.25) is 5.02 Å². The van der Waals surface area contributed by atoms with Crippen molar-refractivity contribution >= 4 is 34.4 Å². The Morgan fingerprint density at radius 1 is 1.12 bits per heavy atom. The molecule has 1 heterocycles. The Morgan fingerprint density at radius 3 is 2.58 bits per heavy atom. The largest absolute Gasteiger partial charge is 0.483 e. The fourth-order valence-corrected chi connectivity index (χ4v) is 2.50. The van der Waals surface area contributed by atoms with E-state index in [1.165, 1.54) is 6.07 Å². The molecule has 3 aromatic rings. The Balaban J connectivity index is 1.67. The summed E-state index contributed by atoms with van der Waals surface area (Å²) in [5.74, 6) is -1.18. The van der Waals surface area contributed by atoms with Crippen LogP contribution < -0.4 is 10.1 Å². The monoisotopic (exact) mass is 370 g/mol. The Labute approximate surface area is 154 Å². The van der Waals surface area contributed by atoms with Gasteiger partial charge in [-0.15, -0.1) is 0 Å². The van der Waals surface area contributed by atoms with Gasteiger partial charge in [-0.3, -0.25) is 4.79 Å². The van der Waals surface area contributed by atoms with E-state index in [-0.39, 0.29) is 18.2 Å². The van der Waals surface area contributed by atoms with Crippen LogP contribution in [-0.4, -0.2) is 28.6 Å². The van der Waals surface area contributed by atoms with E-state index in [4.69, 9.17) is 21.4 Å². The molecule has 3 rings (SSSR count). The first-order valence-corrected chi connectivity index (χ1v) is 8.18. The Hall–Kier alpha value is -3.12. The topological polar surface area (TPSA) is 88.5 Å². The van der Waals surface area contributed by atoms with Crippen molar-refractivity contribution in [2.45, 2.75) is 6.54 Å². The van der Waals surface area contributed by atoms with E-state index in [0.717, 1.165) is 5.56 Å². The SMILES string of the molecule is O=C(COc1cc(C(=O)O)nc2ccccc12)NCc1ccc(Cl)cc1. The zero-order valence-electron chi connectivity index (χ0n) is 13.6. The number of carboxylic acids is 1. The van der Waals surface area contributed by atoms with Gasteiger partial charge in [-0.05, 0) is 29.8 Å². The molecule has 0 spiro atoms. The summed E-state index contributed by atoms with van der Waals surface area (Å²) in [4.78, 5) is 27.3. The molecule has 2 aromatic carbocycles. The second kappa shape index (κ2) is 7.84. The summed E-state index contributed by atoms with van der Waals surface area (Å²) in [5, 5.41) is 13.2. The van der Waals surface area contributed by atoms with E-state index < -0.39 is 5.97 Å². The average molecular weight is 371 g/mol. The van der Waals surface area contributed by atoms with E-state index in [9.17, 15) is 9.59 Å². The lowest BCUT2D eigenvalue weighted by atomic mass is 10.2. The number of aromatic nitrogens is 1. The summed E-state index contributed by atoms with van der Waals surface area (Å²) >= 11 is 5.82. The molecule has 132 valence electrons. The Morgan fingerprint density at radius 2 is 1.85 bits per heavy atom. The second-order valence-electron chi connectivity index (χ2n) is 5.52. The van der Waals surface area contributed by atoms with Crippen molar-refractivity contribution in [3.63, 3.8) is 0 Å². The van der Waals surface area contributed by atoms with E-state index in [1.807, 2.05) is 12.1 Å². The van der Waals surface area contributed by atoms with Gasteiger partial charge in [0.1, 0.15) is 5.75 Å². The number of pyridine rings is 1. The third kappa shape index (κ3) is 4.29. The maximum atomic E-state index is 12.0. The molecule has 0 aliphatic rings. The highest BCUT2D eigenvalue weighted by Gasteiger charge is 2.13. The van der Waals surface area contributed by atoms with Crippen LogP contribution in [0.1, 0.15) is 16.1 Å². The zero-order chi connectivity index (χ0) is 18.5. The van der Waals surface area contributed by atoms with Crippen LogP contribution >= 0.6 is 11.6 Å². The predicted octanol–water partition coefficient (Wildman–Crippen LogP) is 3.28. The average Bonchev–Trinajstić information content (AvgIpc) is 2.65. The number of halogens is 1. The molecule has 0 atom stereocenters. The number of nitrogens with zero attached hydrogens (tertiary/aromatic N) is 1. The molecular weight excluding hydrogens is 356 g/mol. The summed E-state index contributed by atoms with van der Waals surface area (Å²) in [7, 11) is 0. The van der Waals surface area contributed by atoms with E-state index in [2.05, 4.69) is 10.3 Å². The molecule has 0 saturated heterocycles. The van der Waals surface area contributed by atoms with E-state index >= 15 is 0 Å². The number of ether oxygens (including phenoxy) is 1. The number of rotatable bonds is 6. The first-order chi connectivity index (χ1) is 12.5. The van der Waals surface area contributed by atoms with Gasteiger partial charge in [0.2, 0.25) is 0 Å². The number of carbonyl (C=O) groups excluding carboxylic acids is 1. The molecule has 0 aliphatic heterocycles. The predicted molar refractivity (Wildman–Crippen MR) is 97.5 cm³/mol. The molecule has 0 fully saturated rings. The zero-order valence-corrected chi connectivity index (χ0v) is 14.4. The molecule has 0 aliphatic carbocycles. The summed E-state index contributed by atoms with van der Waals surface area (Å²) in [6.45, 7) is 0.109. The number of para-hydroxylation sites is 1. The maximum Gasteiger partial charge on any atom is 0.354 e. The first kappa shape index (κ1) is 17.7. The first-order valence-electron chi connectivity index (χ1n) is 7.80. The molecule has 0 unspecified atom stereocenters. The normalized spacial score (nSPS) is 10.5. The summed E-state index contributed by atoms with van der Waals surface area (Å²) in [6.07, 6.45) is 0. The van der Waals surface area contributed by atoms with Crippen LogP contribution in [0, 0.1) is 0 Å². The maximum absolute atomic E-state index is 12.0. The Bertz CT molecular complexity index is 957.